The van der Waals surface area contributed by atoms with Crippen LogP contribution in [0.15, 0.2) is 29.2 Å². The lowest BCUT2D eigenvalue weighted by molar-refractivity contribution is 0.185. The van der Waals surface area contributed by atoms with Crippen LogP contribution in [0.1, 0.15) is 33.1 Å². The summed E-state index contributed by atoms with van der Waals surface area (Å²) in [6, 6.07) is 7.02. The second-order valence-electron chi connectivity index (χ2n) is 6.22. The maximum atomic E-state index is 12.9. The molecule has 0 aromatic heterocycles. The summed E-state index contributed by atoms with van der Waals surface area (Å²) in [5.74, 6) is 8.73. The van der Waals surface area contributed by atoms with Crippen LogP contribution in [0.25, 0.3) is 0 Å². The van der Waals surface area contributed by atoms with Crippen molar-refractivity contribution in [3.63, 3.8) is 0 Å². The molecular weight excluding hydrogens is 271 g/mol. The van der Waals surface area contributed by atoms with E-state index >= 15 is 0 Å². The molecule has 0 saturated heterocycles. The van der Waals surface area contributed by atoms with E-state index in [-0.39, 0.29) is 5.82 Å². The number of rotatable bonds is 5. The Morgan fingerprint density at radius 2 is 1.80 bits per heavy atom. The van der Waals surface area contributed by atoms with E-state index in [4.69, 9.17) is 5.84 Å². The van der Waals surface area contributed by atoms with Crippen LogP contribution in [0, 0.1) is 23.6 Å². The summed E-state index contributed by atoms with van der Waals surface area (Å²) in [5.41, 5.74) is 3.00. The van der Waals surface area contributed by atoms with Gasteiger partial charge in [-0.2, -0.15) is 0 Å². The highest BCUT2D eigenvalue weighted by Gasteiger charge is 2.29. The molecule has 1 saturated carbocycles. The molecule has 0 radical (unpaired) electrons. The first-order valence-corrected chi connectivity index (χ1v) is 8.41. The Bertz CT molecular complexity index is 399. The molecular formula is C16H25FN2S. The van der Waals surface area contributed by atoms with Crippen molar-refractivity contribution in [3.8, 4) is 0 Å². The molecule has 0 spiro atoms. The standard InChI is InChI=1S/C16H25FN2S/c1-11-7-12(2)9-13(8-11)16(19-18)10-20-15-5-3-14(17)4-6-15/h3-6,11-13,16,19H,7-10,18H2,1-2H3. The van der Waals surface area contributed by atoms with Crippen LogP contribution in [-0.2, 0) is 0 Å². The van der Waals surface area contributed by atoms with Crippen LogP contribution < -0.4 is 11.3 Å². The molecule has 0 heterocycles. The summed E-state index contributed by atoms with van der Waals surface area (Å²) < 4.78 is 12.9. The van der Waals surface area contributed by atoms with Gasteiger partial charge in [-0.25, -0.2) is 4.39 Å². The van der Waals surface area contributed by atoms with Crippen LogP contribution in [0.3, 0.4) is 0 Å². The van der Waals surface area contributed by atoms with Gasteiger partial charge in [0.05, 0.1) is 0 Å². The maximum absolute atomic E-state index is 12.9. The van der Waals surface area contributed by atoms with Gasteiger partial charge in [0.25, 0.3) is 0 Å². The number of hydrogen-bond acceptors (Lipinski definition) is 3. The van der Waals surface area contributed by atoms with Crippen molar-refractivity contribution in [2.45, 2.75) is 44.0 Å². The summed E-state index contributed by atoms with van der Waals surface area (Å²) in [6.45, 7) is 4.67. The van der Waals surface area contributed by atoms with Gasteiger partial charge in [-0.1, -0.05) is 13.8 Å². The lowest BCUT2D eigenvalue weighted by Crippen LogP contribution is -2.45. The van der Waals surface area contributed by atoms with Gasteiger partial charge in [-0.05, 0) is 61.3 Å². The number of halogens is 1. The summed E-state index contributed by atoms with van der Waals surface area (Å²) in [6.07, 6.45) is 3.84. The highest BCUT2D eigenvalue weighted by atomic mass is 32.2. The summed E-state index contributed by atoms with van der Waals surface area (Å²) in [5, 5.41) is 0. The molecule has 1 aromatic rings. The van der Waals surface area contributed by atoms with Crippen LogP contribution >= 0.6 is 11.8 Å². The monoisotopic (exact) mass is 296 g/mol. The zero-order valence-corrected chi connectivity index (χ0v) is 13.1. The molecule has 2 nitrogen and oxygen atoms in total. The Morgan fingerprint density at radius 3 is 2.35 bits per heavy atom. The second kappa shape index (κ2) is 7.43. The van der Waals surface area contributed by atoms with Crippen molar-refractivity contribution in [1.82, 2.24) is 5.43 Å². The molecule has 112 valence electrons. The summed E-state index contributed by atoms with van der Waals surface area (Å²) in [7, 11) is 0. The van der Waals surface area contributed by atoms with Crippen molar-refractivity contribution in [2.24, 2.45) is 23.6 Å². The van der Waals surface area contributed by atoms with Gasteiger partial charge in [0.2, 0.25) is 0 Å². The second-order valence-corrected chi connectivity index (χ2v) is 7.31. The first-order valence-electron chi connectivity index (χ1n) is 7.43. The predicted molar refractivity (Wildman–Crippen MR) is 83.9 cm³/mol. The predicted octanol–water partition coefficient (Wildman–Crippen LogP) is 3.82. The molecule has 3 unspecified atom stereocenters. The minimum Gasteiger partial charge on any atom is -0.271 e. The molecule has 4 heteroatoms. The van der Waals surface area contributed by atoms with Gasteiger partial charge in [0, 0.05) is 16.7 Å². The fourth-order valence-corrected chi connectivity index (χ4v) is 4.44. The molecule has 2 rings (SSSR count). The quantitative estimate of drug-likeness (QED) is 0.493. The normalized spacial score (nSPS) is 28.3. The Hall–Kier alpha value is -0.580. The van der Waals surface area contributed by atoms with Crippen LogP contribution in [0.2, 0.25) is 0 Å². The van der Waals surface area contributed by atoms with E-state index in [1.165, 1.54) is 31.4 Å². The average molecular weight is 296 g/mol. The van der Waals surface area contributed by atoms with Crippen molar-refractivity contribution in [1.29, 1.82) is 0 Å². The van der Waals surface area contributed by atoms with Gasteiger partial charge in [-0.15, -0.1) is 11.8 Å². The number of nitrogens with two attached hydrogens (primary N) is 1. The highest BCUT2D eigenvalue weighted by molar-refractivity contribution is 7.99. The minimum absolute atomic E-state index is 0.183. The van der Waals surface area contributed by atoms with Gasteiger partial charge in [-0.3, -0.25) is 11.3 Å². The van der Waals surface area contributed by atoms with Crippen molar-refractivity contribution in [3.05, 3.63) is 30.1 Å². The van der Waals surface area contributed by atoms with E-state index in [1.807, 2.05) is 12.1 Å². The fraction of sp³-hybridized carbons (Fsp3) is 0.625. The summed E-state index contributed by atoms with van der Waals surface area (Å²) in [4.78, 5) is 1.10. The number of hydrazine groups is 1. The van der Waals surface area contributed by atoms with E-state index in [0.29, 0.717) is 12.0 Å². The molecule has 20 heavy (non-hydrogen) atoms. The molecule has 3 N–H and O–H groups in total. The molecule has 1 aliphatic carbocycles. The Balaban J connectivity index is 1.89. The number of thioether (sulfide) groups is 1. The molecule has 0 amide bonds. The zero-order valence-electron chi connectivity index (χ0n) is 12.3. The first kappa shape index (κ1) is 15.8. The lowest BCUT2D eigenvalue weighted by Gasteiger charge is -2.36. The largest absolute Gasteiger partial charge is 0.271 e. The maximum Gasteiger partial charge on any atom is 0.123 e. The van der Waals surface area contributed by atoms with Gasteiger partial charge < -0.3 is 0 Å². The van der Waals surface area contributed by atoms with Crippen LogP contribution in [0.4, 0.5) is 4.39 Å². The lowest BCUT2D eigenvalue weighted by atomic mass is 9.74. The molecule has 1 aliphatic rings. The smallest absolute Gasteiger partial charge is 0.123 e. The van der Waals surface area contributed by atoms with E-state index in [2.05, 4.69) is 19.3 Å². The van der Waals surface area contributed by atoms with E-state index < -0.39 is 0 Å². The fourth-order valence-electron chi connectivity index (χ4n) is 3.37. The number of benzene rings is 1. The first-order chi connectivity index (χ1) is 9.58. The van der Waals surface area contributed by atoms with Gasteiger partial charge in [0.1, 0.15) is 5.82 Å². The number of nitrogens with one attached hydrogen (secondary N) is 1. The zero-order chi connectivity index (χ0) is 14.5. The third-order valence-corrected chi connectivity index (χ3v) is 5.37. The van der Waals surface area contributed by atoms with Gasteiger partial charge in [0.15, 0.2) is 0 Å². The van der Waals surface area contributed by atoms with E-state index in [1.54, 1.807) is 11.8 Å². The molecule has 0 aliphatic heterocycles. The molecule has 3 atom stereocenters. The number of hydrogen-bond donors (Lipinski definition) is 2. The minimum atomic E-state index is -0.183. The van der Waals surface area contributed by atoms with E-state index in [9.17, 15) is 4.39 Å². The van der Waals surface area contributed by atoms with Crippen molar-refractivity contribution in [2.75, 3.05) is 5.75 Å². The average Bonchev–Trinajstić information content (AvgIpc) is 2.40. The van der Waals surface area contributed by atoms with Crippen molar-refractivity contribution >= 4 is 11.8 Å². The van der Waals surface area contributed by atoms with Crippen LogP contribution in [0.5, 0.6) is 0 Å². The highest BCUT2D eigenvalue weighted by Crippen LogP contribution is 2.35. The Kier molecular flexibility index (Phi) is 5.87. The third kappa shape index (κ3) is 4.47. The molecule has 1 aromatic carbocycles. The summed E-state index contributed by atoms with van der Waals surface area (Å²) >= 11 is 1.75. The van der Waals surface area contributed by atoms with E-state index in [0.717, 1.165) is 22.5 Å². The molecule has 1 fully saturated rings. The topological polar surface area (TPSA) is 38.0 Å². The SMILES string of the molecule is CC1CC(C)CC(C(CSc2ccc(F)cc2)NN)C1. The van der Waals surface area contributed by atoms with Gasteiger partial charge >= 0.3 is 0 Å². The molecule has 0 bridgehead atoms. The Labute approximate surface area is 125 Å². The Morgan fingerprint density at radius 1 is 1.20 bits per heavy atom. The third-order valence-electron chi connectivity index (χ3n) is 4.24. The van der Waals surface area contributed by atoms with Crippen LogP contribution in [-0.4, -0.2) is 11.8 Å². The van der Waals surface area contributed by atoms with Crippen molar-refractivity contribution < 1.29 is 4.39 Å².